The Morgan fingerprint density at radius 1 is 1.56 bits per heavy atom. The second-order valence-corrected chi connectivity index (χ2v) is 1.80. The van der Waals surface area contributed by atoms with Crippen LogP contribution < -0.4 is 5.32 Å². The van der Waals surface area contributed by atoms with Crippen LogP contribution in [0, 0.1) is 0 Å². The summed E-state index contributed by atoms with van der Waals surface area (Å²) in [6.07, 6.45) is 0.297. The van der Waals surface area contributed by atoms with E-state index < -0.39 is 12.3 Å². The number of aliphatic hydroxyl groups excluding tert-OH is 2. The van der Waals surface area contributed by atoms with E-state index in [1.165, 1.54) is 12.2 Å². The summed E-state index contributed by atoms with van der Waals surface area (Å²) in [5, 5.41) is 19.6. The monoisotopic (exact) mass is 129 g/mol. The van der Waals surface area contributed by atoms with Crippen LogP contribution in [0.2, 0.25) is 0 Å². The number of aliphatic hydroxyl groups is 2. The normalized spacial score (nSPS) is 34.2. The minimum Gasteiger partial charge on any atom is -0.384 e. The number of carbonyl (C=O) groups is 1. The van der Waals surface area contributed by atoms with Gasteiger partial charge in [0.1, 0.15) is 6.10 Å². The van der Waals surface area contributed by atoms with Crippen LogP contribution in [0.3, 0.4) is 0 Å². The molecular formula is C5H7NO3. The highest BCUT2D eigenvalue weighted by atomic mass is 16.3. The molecule has 4 heteroatoms. The van der Waals surface area contributed by atoms with Gasteiger partial charge in [0.2, 0.25) is 5.91 Å². The van der Waals surface area contributed by atoms with Gasteiger partial charge in [-0.3, -0.25) is 4.79 Å². The first-order valence-corrected chi connectivity index (χ1v) is 2.55. The molecule has 0 aromatic carbocycles. The summed E-state index contributed by atoms with van der Waals surface area (Å²) < 4.78 is 0. The van der Waals surface area contributed by atoms with Gasteiger partial charge in [-0.25, -0.2) is 0 Å². The fourth-order valence-corrected chi connectivity index (χ4v) is 0.570. The van der Waals surface area contributed by atoms with Crippen molar-refractivity contribution in [3.8, 4) is 0 Å². The van der Waals surface area contributed by atoms with Crippen LogP contribution in [-0.4, -0.2) is 28.5 Å². The molecule has 4 nitrogen and oxygen atoms in total. The number of rotatable bonds is 0. The molecule has 0 spiro atoms. The Kier molecular flexibility index (Phi) is 1.50. The number of hydrogen-bond acceptors (Lipinski definition) is 3. The number of hydrogen-bond donors (Lipinski definition) is 3. The third-order valence-corrected chi connectivity index (χ3v) is 1.06. The average molecular weight is 129 g/mol. The fraction of sp³-hybridized carbons (Fsp3) is 0.400. The van der Waals surface area contributed by atoms with E-state index in [9.17, 15) is 4.79 Å². The van der Waals surface area contributed by atoms with Crippen molar-refractivity contribution < 1.29 is 15.0 Å². The molecule has 1 heterocycles. The molecule has 1 rings (SSSR count). The van der Waals surface area contributed by atoms with E-state index in [0.29, 0.717) is 0 Å². The fourth-order valence-electron chi connectivity index (χ4n) is 0.570. The van der Waals surface area contributed by atoms with Crippen molar-refractivity contribution in [2.45, 2.75) is 12.3 Å². The molecule has 0 saturated carbocycles. The molecule has 3 N–H and O–H groups in total. The average Bonchev–Trinajstić information content (AvgIpc) is 1.80. The van der Waals surface area contributed by atoms with Gasteiger partial charge in [0.05, 0.1) is 0 Å². The minimum absolute atomic E-state index is 0.382. The zero-order valence-electron chi connectivity index (χ0n) is 4.61. The Labute approximate surface area is 51.8 Å². The van der Waals surface area contributed by atoms with E-state index in [1.54, 1.807) is 0 Å². The Morgan fingerprint density at radius 2 is 2.22 bits per heavy atom. The van der Waals surface area contributed by atoms with E-state index >= 15 is 0 Å². The standard InChI is InChI=1S/C5H7NO3/c7-3-1-2-4(8)6-5(3)9/h1-3,5,7,9H,(H,6,8)/t3-,5-/m1/s1. The van der Waals surface area contributed by atoms with Gasteiger partial charge in [0, 0.05) is 6.08 Å². The second kappa shape index (κ2) is 2.16. The summed E-state index contributed by atoms with van der Waals surface area (Å²) in [7, 11) is 0. The first-order chi connectivity index (χ1) is 4.20. The molecule has 0 aromatic heterocycles. The zero-order chi connectivity index (χ0) is 6.85. The molecule has 0 radical (unpaired) electrons. The SMILES string of the molecule is O=C1C=C[C@@H](O)[C@@H](O)N1. The number of nitrogens with one attached hydrogen (secondary N) is 1. The quantitative estimate of drug-likeness (QED) is 0.367. The Hall–Kier alpha value is -0.870. The summed E-state index contributed by atoms with van der Waals surface area (Å²) in [6, 6.07) is 0. The van der Waals surface area contributed by atoms with Gasteiger partial charge in [0.25, 0.3) is 0 Å². The highest BCUT2D eigenvalue weighted by Crippen LogP contribution is 1.97. The van der Waals surface area contributed by atoms with Crippen LogP contribution in [-0.2, 0) is 4.79 Å². The Balaban J connectivity index is 2.65. The van der Waals surface area contributed by atoms with Crippen LogP contribution >= 0.6 is 0 Å². The summed E-state index contributed by atoms with van der Waals surface area (Å²) in [5.74, 6) is -0.382. The second-order valence-electron chi connectivity index (χ2n) is 1.80. The molecule has 0 fully saturated rings. The predicted octanol–water partition coefficient (Wildman–Crippen LogP) is -1.65. The maximum atomic E-state index is 10.4. The summed E-state index contributed by atoms with van der Waals surface area (Å²) in [4.78, 5) is 10.4. The summed E-state index contributed by atoms with van der Waals surface area (Å²) in [6.45, 7) is 0. The van der Waals surface area contributed by atoms with Crippen molar-refractivity contribution >= 4 is 5.91 Å². The maximum absolute atomic E-state index is 10.4. The molecule has 1 amide bonds. The molecular weight excluding hydrogens is 122 g/mol. The largest absolute Gasteiger partial charge is 0.384 e. The smallest absolute Gasteiger partial charge is 0.245 e. The highest BCUT2D eigenvalue weighted by molar-refractivity contribution is 5.88. The lowest BCUT2D eigenvalue weighted by Gasteiger charge is -2.18. The lowest BCUT2D eigenvalue weighted by atomic mass is 10.2. The maximum Gasteiger partial charge on any atom is 0.245 e. The molecule has 50 valence electrons. The van der Waals surface area contributed by atoms with E-state index in [1.807, 2.05) is 0 Å². The minimum atomic E-state index is -1.15. The third kappa shape index (κ3) is 1.28. The van der Waals surface area contributed by atoms with Crippen molar-refractivity contribution in [3.05, 3.63) is 12.2 Å². The van der Waals surface area contributed by atoms with Gasteiger partial charge in [-0.05, 0) is 6.08 Å². The van der Waals surface area contributed by atoms with Crippen molar-refractivity contribution in [2.24, 2.45) is 0 Å². The van der Waals surface area contributed by atoms with Crippen molar-refractivity contribution in [2.75, 3.05) is 0 Å². The molecule has 1 aliphatic heterocycles. The molecule has 2 atom stereocenters. The third-order valence-electron chi connectivity index (χ3n) is 1.06. The zero-order valence-corrected chi connectivity index (χ0v) is 4.61. The number of carbonyl (C=O) groups excluding carboxylic acids is 1. The van der Waals surface area contributed by atoms with Gasteiger partial charge in [0.15, 0.2) is 6.23 Å². The van der Waals surface area contributed by atoms with Crippen LogP contribution in [0.15, 0.2) is 12.2 Å². The topological polar surface area (TPSA) is 69.6 Å². The van der Waals surface area contributed by atoms with E-state index in [4.69, 9.17) is 10.2 Å². The molecule has 0 unspecified atom stereocenters. The van der Waals surface area contributed by atoms with Crippen LogP contribution in [0.25, 0.3) is 0 Å². The molecule has 0 saturated heterocycles. The van der Waals surface area contributed by atoms with Gasteiger partial charge >= 0.3 is 0 Å². The van der Waals surface area contributed by atoms with Crippen LogP contribution in [0.4, 0.5) is 0 Å². The summed E-state index contributed by atoms with van der Waals surface area (Å²) in [5.41, 5.74) is 0. The number of amides is 1. The molecule has 9 heavy (non-hydrogen) atoms. The van der Waals surface area contributed by atoms with Gasteiger partial charge in [-0.15, -0.1) is 0 Å². The predicted molar refractivity (Wildman–Crippen MR) is 29.3 cm³/mol. The molecule has 0 aliphatic carbocycles. The summed E-state index contributed by atoms with van der Waals surface area (Å²) >= 11 is 0. The first kappa shape index (κ1) is 6.25. The van der Waals surface area contributed by atoms with E-state index in [0.717, 1.165) is 0 Å². The Bertz CT molecular complexity index is 154. The van der Waals surface area contributed by atoms with Crippen molar-refractivity contribution in [1.29, 1.82) is 0 Å². The van der Waals surface area contributed by atoms with Gasteiger partial charge < -0.3 is 15.5 Å². The molecule has 0 bridgehead atoms. The van der Waals surface area contributed by atoms with E-state index in [2.05, 4.69) is 5.32 Å². The van der Waals surface area contributed by atoms with Crippen molar-refractivity contribution in [1.82, 2.24) is 5.32 Å². The van der Waals surface area contributed by atoms with Crippen LogP contribution in [0.5, 0.6) is 0 Å². The first-order valence-electron chi connectivity index (χ1n) is 2.55. The van der Waals surface area contributed by atoms with E-state index in [-0.39, 0.29) is 5.91 Å². The molecule has 1 aliphatic rings. The lowest BCUT2D eigenvalue weighted by molar-refractivity contribution is -0.122. The highest BCUT2D eigenvalue weighted by Gasteiger charge is 2.18. The van der Waals surface area contributed by atoms with Crippen LogP contribution in [0.1, 0.15) is 0 Å². The van der Waals surface area contributed by atoms with Crippen molar-refractivity contribution in [3.63, 3.8) is 0 Å². The molecule has 0 aromatic rings. The Morgan fingerprint density at radius 3 is 2.67 bits per heavy atom. The van der Waals surface area contributed by atoms with Gasteiger partial charge in [-0.1, -0.05) is 0 Å². The van der Waals surface area contributed by atoms with Gasteiger partial charge in [-0.2, -0.15) is 0 Å². The lowest BCUT2D eigenvalue weighted by Crippen LogP contribution is -2.44.